The molecule has 0 unspecified atom stereocenters. The molecule has 306 valence electrons. The molecule has 0 heterocycles. The lowest BCUT2D eigenvalue weighted by molar-refractivity contribution is -0.432. The molecule has 0 bridgehead atoms. The Labute approximate surface area is 350 Å². The largest absolute Gasteiger partial charge is 0.505 e. The zero-order valence-corrected chi connectivity index (χ0v) is 33.0. The number of hydrogen-bond donors (Lipinski definition) is 5. The number of nitrogens with zero attached hydrogens (tertiary/aromatic N) is 7. The number of carboxylic acid groups (broad SMARTS) is 1. The first kappa shape index (κ1) is 41.7. The Balaban J connectivity index is 1.10. The Hall–Kier alpha value is -7.46. The number of carbonyl (C=O) groups is 1. The van der Waals surface area contributed by atoms with Gasteiger partial charge in [0.25, 0.3) is 10.1 Å². The number of hydrogen-bond acceptors (Lipinski definition) is 17. The van der Waals surface area contributed by atoms with Gasteiger partial charge in [0, 0.05) is 22.1 Å². The SMILES string of the molecule is CO/C=N\c1cc(N=Nc2c(SOOO)cc3ccc(Nc4ccc(C(=O)O)cc4)cc3c2O)ccc1N=Nc1ccc(N=Nc2ccc3c(S(=O)(=O)O)cccc3c2)cc1. The fourth-order valence-corrected chi connectivity index (χ4v) is 7.02. The maximum atomic E-state index is 11.7. The van der Waals surface area contributed by atoms with Crippen LogP contribution < -0.4 is 5.32 Å². The lowest BCUT2D eigenvalue weighted by Gasteiger charge is -2.12. The second kappa shape index (κ2) is 18.6. The summed E-state index contributed by atoms with van der Waals surface area (Å²) in [5.74, 6) is -1.30. The Morgan fingerprint density at radius 2 is 1.33 bits per heavy atom. The number of ether oxygens (including phenoxy) is 1. The second-order valence-electron chi connectivity index (χ2n) is 12.6. The molecule has 0 spiro atoms. The Kier molecular flexibility index (Phi) is 12.7. The highest BCUT2D eigenvalue weighted by molar-refractivity contribution is 7.94. The lowest BCUT2D eigenvalue weighted by Crippen LogP contribution is -1.98. The molecule has 0 atom stereocenters. The van der Waals surface area contributed by atoms with Crippen LogP contribution in [0, 0.1) is 0 Å². The van der Waals surface area contributed by atoms with Crippen molar-refractivity contribution in [2.24, 2.45) is 35.7 Å². The van der Waals surface area contributed by atoms with Gasteiger partial charge in [0.2, 0.25) is 0 Å². The van der Waals surface area contributed by atoms with Crippen LogP contribution in [0.5, 0.6) is 5.75 Å². The van der Waals surface area contributed by atoms with Crippen LogP contribution in [-0.2, 0) is 24.2 Å². The van der Waals surface area contributed by atoms with Crippen LogP contribution in [0.4, 0.5) is 51.2 Å². The van der Waals surface area contributed by atoms with Crippen molar-refractivity contribution in [2.45, 2.75) is 9.79 Å². The van der Waals surface area contributed by atoms with E-state index in [1.807, 2.05) is 0 Å². The molecule has 7 rings (SSSR count). The molecule has 0 amide bonds. The molecule has 61 heavy (non-hydrogen) atoms. The zero-order valence-electron chi connectivity index (χ0n) is 31.4. The Morgan fingerprint density at radius 3 is 2.03 bits per heavy atom. The summed E-state index contributed by atoms with van der Waals surface area (Å²) in [5.41, 5.74) is 3.84. The minimum absolute atomic E-state index is 0.00210. The third kappa shape index (κ3) is 10.2. The van der Waals surface area contributed by atoms with Gasteiger partial charge in [0.05, 0.1) is 58.0 Å². The van der Waals surface area contributed by atoms with E-state index in [0.717, 1.165) is 0 Å². The van der Waals surface area contributed by atoms with Gasteiger partial charge in [-0.3, -0.25) is 4.55 Å². The molecule has 0 aliphatic carbocycles. The predicted molar refractivity (Wildman–Crippen MR) is 227 cm³/mol. The van der Waals surface area contributed by atoms with E-state index in [9.17, 15) is 28.0 Å². The first-order valence-electron chi connectivity index (χ1n) is 17.6. The van der Waals surface area contributed by atoms with Crippen molar-refractivity contribution in [3.8, 4) is 5.75 Å². The quantitative estimate of drug-likeness (QED) is 0.0123. The van der Waals surface area contributed by atoms with E-state index >= 15 is 0 Å². The van der Waals surface area contributed by atoms with Gasteiger partial charge in [0.1, 0.15) is 16.3 Å². The number of azo groups is 3. The number of benzene rings is 7. The lowest BCUT2D eigenvalue weighted by atomic mass is 10.1. The normalized spacial score (nSPS) is 12.1. The van der Waals surface area contributed by atoms with Crippen molar-refractivity contribution in [3.63, 3.8) is 0 Å². The summed E-state index contributed by atoms with van der Waals surface area (Å²) in [7, 11) is -2.96. The fourth-order valence-electron chi connectivity index (χ4n) is 5.81. The molecule has 5 N–H and O–H groups in total. The van der Waals surface area contributed by atoms with E-state index in [4.69, 9.17) is 9.99 Å². The summed E-state index contributed by atoms with van der Waals surface area (Å²) in [4.78, 5) is 15.6. The van der Waals surface area contributed by atoms with E-state index in [2.05, 4.69) is 50.4 Å². The van der Waals surface area contributed by atoms with Crippen molar-refractivity contribution in [2.75, 3.05) is 12.4 Å². The van der Waals surface area contributed by atoms with Gasteiger partial charge >= 0.3 is 5.97 Å². The number of aromatic hydroxyl groups is 1. The van der Waals surface area contributed by atoms with Crippen LogP contribution in [0.1, 0.15) is 10.4 Å². The summed E-state index contributed by atoms with van der Waals surface area (Å²) in [6, 6.07) is 33.9. The predicted octanol–water partition coefficient (Wildman–Crippen LogP) is 12.4. The number of nitrogens with one attached hydrogen (secondary N) is 1. The minimum atomic E-state index is -4.39. The molecule has 20 heteroatoms. The summed E-state index contributed by atoms with van der Waals surface area (Å²) < 4.78 is 42.7. The van der Waals surface area contributed by atoms with Crippen LogP contribution >= 0.6 is 12.0 Å². The van der Waals surface area contributed by atoms with Gasteiger partial charge < -0.3 is 20.3 Å². The molecule has 7 aromatic rings. The average Bonchev–Trinajstić information content (AvgIpc) is 3.26. The monoisotopic (exact) mass is 858 g/mol. The number of phenols is 1. The van der Waals surface area contributed by atoms with Crippen LogP contribution in [0.15, 0.2) is 173 Å². The number of anilines is 2. The number of rotatable bonds is 15. The highest BCUT2D eigenvalue weighted by Crippen LogP contribution is 2.45. The number of fused-ring (bicyclic) bond motifs is 2. The number of aromatic carboxylic acids is 1. The molecule has 7 aromatic carbocycles. The first-order chi connectivity index (χ1) is 29.5. The standard InChI is InChI=1S/C41H30N8O10S2/c1-57-23-42-36-22-32(47-49-39-37(60-59-58-53)20-26-7-10-30(21-34(26)40(39)50)43-27-8-5-24(6-9-27)41(51)52)16-18-35(36)48-45-29-13-11-28(12-14-29)44-46-31-15-17-33-25(19-31)3-2-4-38(33)61(54,55)56/h2-23,43,50,53H,1H3,(H,51,52)(H,54,55,56)/b42-23-,46-44?,48-45?,49-47?. The zero-order chi connectivity index (χ0) is 42.9. The molecule has 0 saturated heterocycles. The van der Waals surface area contributed by atoms with Gasteiger partial charge in [-0.1, -0.05) is 29.3 Å². The van der Waals surface area contributed by atoms with Crippen LogP contribution in [0.25, 0.3) is 21.5 Å². The third-order valence-corrected chi connectivity index (χ3v) is 10.2. The number of methoxy groups -OCH3 is 1. The van der Waals surface area contributed by atoms with Crippen molar-refractivity contribution >= 4 is 107 Å². The van der Waals surface area contributed by atoms with Crippen molar-refractivity contribution < 1.29 is 47.3 Å². The molecule has 0 aromatic heterocycles. The Bertz CT molecular complexity index is 3000. The number of carboxylic acids is 1. The van der Waals surface area contributed by atoms with E-state index in [0.29, 0.717) is 79.1 Å². The highest BCUT2D eigenvalue weighted by atomic mass is 32.2. The van der Waals surface area contributed by atoms with Crippen molar-refractivity contribution in [1.82, 2.24) is 0 Å². The Morgan fingerprint density at radius 1 is 0.689 bits per heavy atom. The molecular formula is C41H30N8O10S2. The third-order valence-electron chi connectivity index (χ3n) is 8.65. The van der Waals surface area contributed by atoms with E-state index < -0.39 is 16.1 Å². The summed E-state index contributed by atoms with van der Waals surface area (Å²) in [6.45, 7) is 0. The molecule has 18 nitrogen and oxygen atoms in total. The molecule has 0 saturated carbocycles. The maximum absolute atomic E-state index is 11.7. The minimum Gasteiger partial charge on any atom is -0.505 e. The van der Waals surface area contributed by atoms with Gasteiger partial charge in [-0.2, -0.15) is 28.9 Å². The molecule has 0 aliphatic heterocycles. The molecule has 0 aliphatic rings. The molecule has 0 fully saturated rings. The topological polar surface area (TPSA) is 258 Å². The number of phenolic OH excluding ortho intramolecular Hbond substituents is 1. The second-order valence-corrected chi connectivity index (χ2v) is 14.8. The molecule has 0 radical (unpaired) electrons. The molecular weight excluding hydrogens is 829 g/mol. The summed E-state index contributed by atoms with van der Waals surface area (Å²) >= 11 is 0.595. The smallest absolute Gasteiger partial charge is 0.335 e. The maximum Gasteiger partial charge on any atom is 0.335 e. The van der Waals surface area contributed by atoms with Gasteiger partial charge in [-0.15, -0.1) is 14.6 Å². The first-order valence-corrected chi connectivity index (χ1v) is 19.8. The van der Waals surface area contributed by atoms with E-state index in [1.165, 1.54) is 37.8 Å². The highest BCUT2D eigenvalue weighted by Gasteiger charge is 2.17. The van der Waals surface area contributed by atoms with Crippen LogP contribution in [0.3, 0.4) is 0 Å². The van der Waals surface area contributed by atoms with E-state index in [1.54, 1.807) is 103 Å². The van der Waals surface area contributed by atoms with Crippen molar-refractivity contribution in [1.29, 1.82) is 0 Å². The average molecular weight is 859 g/mol. The van der Waals surface area contributed by atoms with Gasteiger partial charge in [-0.05, 0) is 114 Å². The number of aliphatic imine (C=N–C) groups is 1. The summed E-state index contributed by atoms with van der Waals surface area (Å²) in [5, 5.41) is 64.2. The summed E-state index contributed by atoms with van der Waals surface area (Å²) in [6.07, 6.45) is 1.21. The van der Waals surface area contributed by atoms with E-state index in [-0.39, 0.29) is 26.8 Å². The fraction of sp³-hybridized carbons (Fsp3) is 0.0244. The van der Waals surface area contributed by atoms with Gasteiger partial charge in [-0.25, -0.2) is 15.0 Å². The van der Waals surface area contributed by atoms with Crippen LogP contribution in [-0.4, -0.2) is 47.9 Å². The van der Waals surface area contributed by atoms with Gasteiger partial charge in [0.15, 0.2) is 12.2 Å². The van der Waals surface area contributed by atoms with Crippen LogP contribution in [0.2, 0.25) is 0 Å². The van der Waals surface area contributed by atoms with Crippen molar-refractivity contribution in [3.05, 3.63) is 133 Å².